The van der Waals surface area contributed by atoms with Gasteiger partial charge in [-0.3, -0.25) is 4.79 Å². The Balaban J connectivity index is 2.65. The van der Waals surface area contributed by atoms with E-state index in [9.17, 15) is 4.79 Å². The average Bonchev–Trinajstić information content (AvgIpc) is 2.64. The number of nitrogens with one attached hydrogen (secondary N) is 2. The van der Waals surface area contributed by atoms with Crippen molar-refractivity contribution in [1.82, 2.24) is 15.6 Å². The van der Waals surface area contributed by atoms with Crippen molar-refractivity contribution >= 4 is 17.2 Å². The third-order valence-electron chi connectivity index (χ3n) is 2.55. The lowest BCUT2D eigenvalue weighted by molar-refractivity contribution is -0.126. The highest BCUT2D eigenvalue weighted by molar-refractivity contribution is 7.11. The van der Waals surface area contributed by atoms with E-state index in [2.05, 4.69) is 15.6 Å². The molecule has 0 saturated carbocycles. The molecule has 0 radical (unpaired) electrons. The third-order valence-corrected chi connectivity index (χ3v) is 3.65. The van der Waals surface area contributed by atoms with Crippen LogP contribution in [0.15, 0.2) is 6.20 Å². The summed E-state index contributed by atoms with van der Waals surface area (Å²) in [6, 6.07) is -0.0428. The van der Waals surface area contributed by atoms with E-state index in [0.29, 0.717) is 0 Å². The number of aromatic nitrogens is 1. The summed E-state index contributed by atoms with van der Waals surface area (Å²) in [5, 5.41) is 6.86. The number of amides is 1. The summed E-state index contributed by atoms with van der Waals surface area (Å²) in [6.45, 7) is 7.65. The molecule has 5 heteroatoms. The second kappa shape index (κ2) is 4.93. The van der Waals surface area contributed by atoms with E-state index in [1.165, 1.54) is 0 Å². The first-order chi connectivity index (χ1) is 7.36. The van der Waals surface area contributed by atoms with Crippen LogP contribution in [0, 0.1) is 6.92 Å². The number of hydrogen-bond donors (Lipinski definition) is 2. The molecular weight excluding hydrogens is 222 g/mol. The lowest BCUT2D eigenvalue weighted by atomic mass is 10.0. The number of hydrogen-bond acceptors (Lipinski definition) is 4. The first kappa shape index (κ1) is 13.1. The Kier molecular flexibility index (Phi) is 4.04. The summed E-state index contributed by atoms with van der Waals surface area (Å²) in [4.78, 5) is 17.3. The molecular formula is C11H19N3OS. The van der Waals surface area contributed by atoms with Crippen molar-refractivity contribution in [3.8, 4) is 0 Å². The molecule has 0 aliphatic carbocycles. The van der Waals surface area contributed by atoms with Gasteiger partial charge in [0, 0.05) is 11.1 Å². The van der Waals surface area contributed by atoms with Crippen LogP contribution >= 0.6 is 11.3 Å². The molecule has 1 aromatic rings. The summed E-state index contributed by atoms with van der Waals surface area (Å²) < 4.78 is 0. The second-order valence-electron chi connectivity index (χ2n) is 4.38. The number of likely N-dealkylation sites (N-methyl/N-ethyl adjacent to an activating group) is 1. The zero-order valence-electron chi connectivity index (χ0n) is 10.4. The SMILES string of the molecule is CNC(C)(C)C(=O)NC(C)c1ncc(C)s1. The Bertz CT molecular complexity index is 373. The molecule has 0 aliphatic heterocycles. The maximum absolute atomic E-state index is 11.9. The summed E-state index contributed by atoms with van der Waals surface area (Å²) in [5.74, 6) is -0.0182. The van der Waals surface area contributed by atoms with Crippen LogP contribution in [0.25, 0.3) is 0 Å². The summed E-state index contributed by atoms with van der Waals surface area (Å²) >= 11 is 1.61. The molecule has 1 heterocycles. The van der Waals surface area contributed by atoms with Gasteiger partial charge in [0.1, 0.15) is 5.01 Å². The molecule has 16 heavy (non-hydrogen) atoms. The average molecular weight is 241 g/mol. The molecule has 0 aliphatic rings. The van der Waals surface area contributed by atoms with Gasteiger partial charge in [-0.05, 0) is 34.7 Å². The van der Waals surface area contributed by atoms with Gasteiger partial charge in [0.2, 0.25) is 5.91 Å². The number of rotatable bonds is 4. The van der Waals surface area contributed by atoms with Gasteiger partial charge < -0.3 is 10.6 Å². The normalized spacial score (nSPS) is 13.6. The number of nitrogens with zero attached hydrogens (tertiary/aromatic N) is 1. The van der Waals surface area contributed by atoms with Gasteiger partial charge in [0.05, 0.1) is 11.6 Å². The van der Waals surface area contributed by atoms with Crippen molar-refractivity contribution in [1.29, 1.82) is 0 Å². The Morgan fingerprint density at radius 1 is 1.56 bits per heavy atom. The van der Waals surface area contributed by atoms with Crippen LogP contribution in [-0.2, 0) is 4.79 Å². The zero-order chi connectivity index (χ0) is 12.3. The highest BCUT2D eigenvalue weighted by atomic mass is 32.1. The maximum Gasteiger partial charge on any atom is 0.240 e. The van der Waals surface area contributed by atoms with E-state index in [1.807, 2.05) is 33.9 Å². The first-order valence-electron chi connectivity index (χ1n) is 5.29. The molecule has 0 bridgehead atoms. The largest absolute Gasteiger partial charge is 0.346 e. The van der Waals surface area contributed by atoms with E-state index < -0.39 is 5.54 Å². The highest BCUT2D eigenvalue weighted by Gasteiger charge is 2.27. The Morgan fingerprint density at radius 2 is 2.19 bits per heavy atom. The molecule has 1 rings (SSSR count). The molecule has 0 spiro atoms. The Hall–Kier alpha value is -0.940. The van der Waals surface area contributed by atoms with Crippen LogP contribution in [0.4, 0.5) is 0 Å². The van der Waals surface area contributed by atoms with Crippen LogP contribution < -0.4 is 10.6 Å². The minimum absolute atomic E-state index is 0.0182. The number of carbonyl (C=O) groups excluding carboxylic acids is 1. The summed E-state index contributed by atoms with van der Waals surface area (Å²) in [5.41, 5.74) is -0.555. The summed E-state index contributed by atoms with van der Waals surface area (Å²) in [7, 11) is 1.78. The van der Waals surface area contributed by atoms with Crippen LogP contribution in [0.3, 0.4) is 0 Å². The van der Waals surface area contributed by atoms with Gasteiger partial charge in [0.25, 0.3) is 0 Å². The van der Waals surface area contributed by atoms with Gasteiger partial charge in [-0.2, -0.15) is 0 Å². The molecule has 0 fully saturated rings. The zero-order valence-corrected chi connectivity index (χ0v) is 11.2. The fourth-order valence-electron chi connectivity index (χ4n) is 1.12. The number of carbonyl (C=O) groups is 1. The van der Waals surface area contributed by atoms with Crippen molar-refractivity contribution in [2.24, 2.45) is 0 Å². The minimum Gasteiger partial charge on any atom is -0.346 e. The van der Waals surface area contributed by atoms with Crippen LogP contribution in [-0.4, -0.2) is 23.5 Å². The molecule has 1 atom stereocenters. The van der Waals surface area contributed by atoms with Crippen molar-refractivity contribution in [2.45, 2.75) is 39.3 Å². The smallest absolute Gasteiger partial charge is 0.240 e. The van der Waals surface area contributed by atoms with Crippen molar-refractivity contribution in [2.75, 3.05) is 7.05 Å². The third kappa shape index (κ3) is 3.02. The predicted octanol–water partition coefficient (Wildman–Crippen LogP) is 1.63. The van der Waals surface area contributed by atoms with Crippen LogP contribution in [0.5, 0.6) is 0 Å². The quantitative estimate of drug-likeness (QED) is 0.842. The topological polar surface area (TPSA) is 54.0 Å². The standard InChI is InChI=1S/C11H19N3OS/c1-7-6-13-9(16-7)8(2)14-10(15)11(3,4)12-5/h6,8,12H,1-5H3,(H,14,15). The van der Waals surface area contributed by atoms with Crippen molar-refractivity contribution < 1.29 is 4.79 Å². The highest BCUT2D eigenvalue weighted by Crippen LogP contribution is 2.19. The number of thiazole rings is 1. The van der Waals surface area contributed by atoms with E-state index in [0.717, 1.165) is 9.88 Å². The molecule has 1 amide bonds. The predicted molar refractivity (Wildman–Crippen MR) is 66.5 cm³/mol. The van der Waals surface area contributed by atoms with E-state index in [1.54, 1.807) is 18.4 Å². The van der Waals surface area contributed by atoms with E-state index in [4.69, 9.17) is 0 Å². The molecule has 2 N–H and O–H groups in total. The molecule has 4 nitrogen and oxygen atoms in total. The summed E-state index contributed by atoms with van der Waals surface area (Å²) in [6.07, 6.45) is 1.83. The lowest BCUT2D eigenvalue weighted by Crippen LogP contribution is -2.51. The van der Waals surface area contributed by atoms with Gasteiger partial charge in [-0.1, -0.05) is 0 Å². The fraction of sp³-hybridized carbons (Fsp3) is 0.636. The van der Waals surface area contributed by atoms with Gasteiger partial charge >= 0.3 is 0 Å². The fourth-order valence-corrected chi connectivity index (χ4v) is 1.90. The monoisotopic (exact) mass is 241 g/mol. The van der Waals surface area contributed by atoms with E-state index in [-0.39, 0.29) is 11.9 Å². The maximum atomic E-state index is 11.9. The molecule has 90 valence electrons. The Labute approximate surface area is 100 Å². The number of aryl methyl sites for hydroxylation is 1. The van der Waals surface area contributed by atoms with Crippen LogP contribution in [0.2, 0.25) is 0 Å². The van der Waals surface area contributed by atoms with E-state index >= 15 is 0 Å². The van der Waals surface area contributed by atoms with Gasteiger partial charge in [-0.25, -0.2) is 4.98 Å². The molecule has 1 unspecified atom stereocenters. The van der Waals surface area contributed by atoms with Gasteiger partial charge in [-0.15, -0.1) is 11.3 Å². The van der Waals surface area contributed by atoms with Gasteiger partial charge in [0.15, 0.2) is 0 Å². The second-order valence-corrected chi connectivity index (χ2v) is 5.65. The lowest BCUT2D eigenvalue weighted by Gasteiger charge is -2.24. The van der Waals surface area contributed by atoms with Crippen molar-refractivity contribution in [3.05, 3.63) is 16.1 Å². The molecule has 0 saturated heterocycles. The molecule has 0 aromatic carbocycles. The minimum atomic E-state index is -0.555. The molecule has 1 aromatic heterocycles. The first-order valence-corrected chi connectivity index (χ1v) is 6.10. The van der Waals surface area contributed by atoms with Crippen LogP contribution in [0.1, 0.15) is 36.7 Å². The Morgan fingerprint density at radius 3 is 2.62 bits per heavy atom. The van der Waals surface area contributed by atoms with Crippen molar-refractivity contribution in [3.63, 3.8) is 0 Å².